The molecule has 0 N–H and O–H groups in total. The zero-order chi connectivity index (χ0) is 19.2. The van der Waals surface area contributed by atoms with Crippen LogP contribution in [0.2, 0.25) is 5.02 Å². The van der Waals surface area contributed by atoms with Gasteiger partial charge in [-0.15, -0.1) is 13.2 Å². The van der Waals surface area contributed by atoms with E-state index in [4.69, 9.17) is 11.6 Å². The maximum atomic E-state index is 12.5. The number of aryl methyl sites for hydroxylation is 1. The Labute approximate surface area is 157 Å². The van der Waals surface area contributed by atoms with Gasteiger partial charge < -0.3 is 9.30 Å². The molecule has 0 fully saturated rings. The predicted octanol–water partition coefficient (Wildman–Crippen LogP) is 6.43. The maximum absolute atomic E-state index is 12.5. The van der Waals surface area contributed by atoms with Crippen LogP contribution in [0.25, 0.3) is 33.2 Å². The van der Waals surface area contributed by atoms with Gasteiger partial charge in [0.1, 0.15) is 5.75 Å². The number of para-hydroxylation sites is 1. The molecule has 7 heteroatoms. The van der Waals surface area contributed by atoms with Gasteiger partial charge >= 0.3 is 6.36 Å². The van der Waals surface area contributed by atoms with Crippen LogP contribution in [-0.2, 0) is 6.54 Å². The van der Waals surface area contributed by atoms with Gasteiger partial charge in [0.2, 0.25) is 0 Å². The highest BCUT2D eigenvalue weighted by Gasteiger charge is 2.31. The van der Waals surface area contributed by atoms with E-state index in [2.05, 4.69) is 9.72 Å². The molecule has 0 atom stereocenters. The van der Waals surface area contributed by atoms with E-state index in [0.29, 0.717) is 28.2 Å². The quantitative estimate of drug-likeness (QED) is 0.403. The monoisotopic (exact) mass is 390 g/mol. The molecule has 2 aromatic carbocycles. The minimum absolute atomic E-state index is 0.246. The molecule has 27 heavy (non-hydrogen) atoms. The second kappa shape index (κ2) is 6.46. The van der Waals surface area contributed by atoms with E-state index in [1.807, 2.05) is 41.8 Å². The lowest BCUT2D eigenvalue weighted by Gasteiger charge is -2.10. The topological polar surface area (TPSA) is 27.1 Å². The summed E-state index contributed by atoms with van der Waals surface area (Å²) in [6, 6.07) is 15.5. The highest BCUT2D eigenvalue weighted by Crippen LogP contribution is 2.33. The molecular weight excluding hydrogens is 377 g/mol. The average Bonchev–Trinajstić information content (AvgIpc) is 2.98. The summed E-state index contributed by atoms with van der Waals surface area (Å²) >= 11 is 6.26. The van der Waals surface area contributed by atoms with Crippen molar-refractivity contribution in [3.8, 4) is 17.1 Å². The average molecular weight is 391 g/mol. The van der Waals surface area contributed by atoms with Gasteiger partial charge in [0.05, 0.1) is 21.9 Å². The molecule has 0 unspecified atom stereocenters. The summed E-state index contributed by atoms with van der Waals surface area (Å²) in [7, 11) is 0. The molecule has 0 spiro atoms. The Bertz CT molecular complexity index is 1150. The number of rotatable bonds is 3. The Morgan fingerprint density at radius 1 is 1.04 bits per heavy atom. The Morgan fingerprint density at radius 3 is 2.59 bits per heavy atom. The fourth-order valence-electron chi connectivity index (χ4n) is 3.25. The fourth-order valence-corrected chi connectivity index (χ4v) is 3.48. The first-order chi connectivity index (χ1) is 12.9. The van der Waals surface area contributed by atoms with Gasteiger partial charge in [-0.2, -0.15) is 0 Å². The number of aromatic nitrogens is 2. The number of benzene rings is 2. The molecule has 138 valence electrons. The summed E-state index contributed by atoms with van der Waals surface area (Å²) in [5.74, 6) is -0.246. The van der Waals surface area contributed by atoms with E-state index in [1.165, 1.54) is 12.1 Å². The first-order valence-electron chi connectivity index (χ1n) is 8.30. The zero-order valence-electron chi connectivity index (χ0n) is 14.2. The number of hydrogen-bond donors (Lipinski definition) is 0. The molecule has 0 aliphatic carbocycles. The van der Waals surface area contributed by atoms with Crippen molar-refractivity contribution in [2.75, 3.05) is 0 Å². The second-order valence-electron chi connectivity index (χ2n) is 6.05. The summed E-state index contributed by atoms with van der Waals surface area (Å²) in [4.78, 5) is 4.67. The van der Waals surface area contributed by atoms with E-state index in [1.54, 1.807) is 12.1 Å². The molecule has 2 heterocycles. The first-order valence-corrected chi connectivity index (χ1v) is 8.68. The molecule has 0 saturated carbocycles. The Kier molecular flexibility index (Phi) is 4.23. The third-order valence-electron chi connectivity index (χ3n) is 4.36. The van der Waals surface area contributed by atoms with Crippen molar-refractivity contribution >= 4 is 33.4 Å². The number of pyridine rings is 1. The van der Waals surface area contributed by atoms with Crippen molar-refractivity contribution in [3.05, 3.63) is 59.6 Å². The first kappa shape index (κ1) is 17.7. The molecule has 3 nitrogen and oxygen atoms in total. The third-order valence-corrected chi connectivity index (χ3v) is 4.66. The largest absolute Gasteiger partial charge is 0.573 e. The van der Waals surface area contributed by atoms with Crippen LogP contribution in [0.4, 0.5) is 13.2 Å². The number of alkyl halides is 3. The number of fused-ring (bicyclic) bond motifs is 2. The molecule has 2 aromatic heterocycles. The van der Waals surface area contributed by atoms with Gasteiger partial charge in [0.15, 0.2) is 0 Å². The van der Waals surface area contributed by atoms with Gasteiger partial charge in [-0.3, -0.25) is 0 Å². The van der Waals surface area contributed by atoms with E-state index in [9.17, 15) is 13.2 Å². The molecule has 4 aromatic rings. The summed E-state index contributed by atoms with van der Waals surface area (Å²) in [5.41, 5.74) is 3.00. The van der Waals surface area contributed by atoms with E-state index in [-0.39, 0.29) is 5.75 Å². The van der Waals surface area contributed by atoms with Gasteiger partial charge in [-0.1, -0.05) is 29.8 Å². The van der Waals surface area contributed by atoms with E-state index >= 15 is 0 Å². The Hall–Kier alpha value is -2.73. The Morgan fingerprint density at radius 2 is 1.85 bits per heavy atom. The van der Waals surface area contributed by atoms with E-state index < -0.39 is 6.36 Å². The standard InChI is InChI=1S/C20H14ClF3N2O/c1-2-26-17-9-7-14(27-20(22,23)24)10-13(17)11-18(26)16-8-6-12-4-3-5-15(21)19(12)25-16/h3-11H,2H2,1H3. The van der Waals surface area contributed by atoms with Crippen LogP contribution < -0.4 is 4.74 Å². The van der Waals surface area contributed by atoms with Crippen molar-refractivity contribution in [1.82, 2.24) is 9.55 Å². The molecule has 0 aliphatic heterocycles. The molecular formula is C20H14ClF3N2O. The summed E-state index contributed by atoms with van der Waals surface area (Å²) in [6.07, 6.45) is -4.72. The maximum Gasteiger partial charge on any atom is 0.573 e. The highest BCUT2D eigenvalue weighted by molar-refractivity contribution is 6.35. The van der Waals surface area contributed by atoms with Crippen molar-refractivity contribution in [3.63, 3.8) is 0 Å². The molecule has 0 radical (unpaired) electrons. The van der Waals surface area contributed by atoms with Crippen LogP contribution >= 0.6 is 11.6 Å². The lowest BCUT2D eigenvalue weighted by atomic mass is 10.1. The summed E-state index contributed by atoms with van der Waals surface area (Å²) < 4.78 is 43.5. The van der Waals surface area contributed by atoms with Gasteiger partial charge in [0, 0.05) is 22.8 Å². The van der Waals surface area contributed by atoms with Gasteiger partial charge in [-0.05, 0) is 43.3 Å². The minimum atomic E-state index is -4.72. The zero-order valence-corrected chi connectivity index (χ0v) is 15.0. The van der Waals surface area contributed by atoms with Crippen LogP contribution in [0.3, 0.4) is 0 Å². The second-order valence-corrected chi connectivity index (χ2v) is 6.46. The van der Waals surface area contributed by atoms with Gasteiger partial charge in [-0.25, -0.2) is 4.98 Å². The molecule has 0 bridgehead atoms. The smallest absolute Gasteiger partial charge is 0.406 e. The lowest BCUT2D eigenvalue weighted by molar-refractivity contribution is -0.274. The van der Waals surface area contributed by atoms with Crippen LogP contribution in [-0.4, -0.2) is 15.9 Å². The Balaban J connectivity index is 1.87. The SMILES string of the molecule is CCn1c(-c2ccc3cccc(Cl)c3n2)cc2cc(OC(F)(F)F)ccc21. The van der Waals surface area contributed by atoms with Crippen LogP contribution in [0.15, 0.2) is 54.6 Å². The van der Waals surface area contributed by atoms with Crippen molar-refractivity contribution < 1.29 is 17.9 Å². The van der Waals surface area contributed by atoms with Crippen molar-refractivity contribution in [1.29, 1.82) is 0 Å². The van der Waals surface area contributed by atoms with Crippen LogP contribution in [0, 0.1) is 0 Å². The summed E-state index contributed by atoms with van der Waals surface area (Å²) in [5, 5.41) is 2.12. The molecule has 4 rings (SSSR count). The lowest BCUT2D eigenvalue weighted by Crippen LogP contribution is -2.16. The molecule has 0 saturated heterocycles. The van der Waals surface area contributed by atoms with Crippen LogP contribution in [0.1, 0.15) is 6.92 Å². The third kappa shape index (κ3) is 3.32. The van der Waals surface area contributed by atoms with Crippen molar-refractivity contribution in [2.45, 2.75) is 19.8 Å². The fraction of sp³-hybridized carbons (Fsp3) is 0.150. The molecule has 0 aliphatic rings. The van der Waals surface area contributed by atoms with E-state index in [0.717, 1.165) is 16.6 Å². The summed E-state index contributed by atoms with van der Waals surface area (Å²) in [6.45, 7) is 2.61. The minimum Gasteiger partial charge on any atom is -0.406 e. The number of nitrogens with zero attached hydrogens (tertiary/aromatic N) is 2. The molecule has 0 amide bonds. The number of ether oxygens (including phenoxy) is 1. The van der Waals surface area contributed by atoms with Crippen molar-refractivity contribution in [2.24, 2.45) is 0 Å². The highest BCUT2D eigenvalue weighted by atomic mass is 35.5. The predicted molar refractivity (Wildman–Crippen MR) is 100 cm³/mol. The normalized spacial score (nSPS) is 12.0. The number of halogens is 4. The van der Waals surface area contributed by atoms with Crippen LogP contribution in [0.5, 0.6) is 5.75 Å². The number of hydrogen-bond acceptors (Lipinski definition) is 2. The van der Waals surface area contributed by atoms with Gasteiger partial charge in [0.25, 0.3) is 0 Å².